The zero-order valence-corrected chi connectivity index (χ0v) is 5.74. The van der Waals surface area contributed by atoms with Crippen molar-refractivity contribution < 1.29 is 20.3 Å². The first-order valence-corrected chi connectivity index (χ1v) is 3.21. The third-order valence-corrected chi connectivity index (χ3v) is 1.46. The van der Waals surface area contributed by atoms with Crippen LogP contribution in [0.5, 0.6) is 0 Å². The standard InChI is InChI=1S/C6H13N.Li.H/c1-2-4-6-7-5-3-1;;/h7H,1-6H2;;/q;+1;-1. The molecule has 1 aliphatic heterocycles. The molecule has 0 amide bonds. The third kappa shape index (κ3) is 3.55. The average Bonchev–Trinajstić information content (AvgIpc) is 1.90. The van der Waals surface area contributed by atoms with Gasteiger partial charge in [0.15, 0.2) is 0 Å². The Morgan fingerprint density at radius 2 is 1.38 bits per heavy atom. The third-order valence-electron chi connectivity index (χ3n) is 1.46. The van der Waals surface area contributed by atoms with Crippen LogP contribution in [0.4, 0.5) is 0 Å². The molecular formula is C6H14LiN. The van der Waals surface area contributed by atoms with Crippen LogP contribution in [0, 0.1) is 0 Å². The molecule has 0 aromatic rings. The minimum absolute atomic E-state index is 0. The zero-order chi connectivity index (χ0) is 4.95. The van der Waals surface area contributed by atoms with Crippen molar-refractivity contribution in [3.05, 3.63) is 0 Å². The molecule has 1 rings (SSSR count). The molecule has 0 spiro atoms. The summed E-state index contributed by atoms with van der Waals surface area (Å²) < 4.78 is 0. The van der Waals surface area contributed by atoms with Gasteiger partial charge in [0.05, 0.1) is 0 Å². The molecule has 0 radical (unpaired) electrons. The van der Waals surface area contributed by atoms with Crippen molar-refractivity contribution in [3.8, 4) is 0 Å². The van der Waals surface area contributed by atoms with Crippen LogP contribution in [0.2, 0.25) is 0 Å². The Bertz CT molecular complexity index is 32.7. The van der Waals surface area contributed by atoms with Crippen molar-refractivity contribution in [2.24, 2.45) is 0 Å². The van der Waals surface area contributed by atoms with Crippen molar-refractivity contribution in [2.45, 2.75) is 25.7 Å². The summed E-state index contributed by atoms with van der Waals surface area (Å²) in [7, 11) is 0. The van der Waals surface area contributed by atoms with Gasteiger partial charge in [0.2, 0.25) is 0 Å². The van der Waals surface area contributed by atoms with E-state index in [9.17, 15) is 0 Å². The minimum Gasteiger partial charge on any atom is -1.00 e. The van der Waals surface area contributed by atoms with Crippen molar-refractivity contribution in [3.63, 3.8) is 0 Å². The zero-order valence-electron chi connectivity index (χ0n) is 6.74. The van der Waals surface area contributed by atoms with Crippen LogP contribution in [-0.2, 0) is 0 Å². The SMILES string of the molecule is C1CCCNCC1.[H-].[Li+]. The maximum atomic E-state index is 3.35. The van der Waals surface area contributed by atoms with E-state index >= 15 is 0 Å². The molecule has 8 heavy (non-hydrogen) atoms. The fourth-order valence-corrected chi connectivity index (χ4v) is 0.979. The smallest absolute Gasteiger partial charge is 1.00 e. The van der Waals surface area contributed by atoms with Gasteiger partial charge in [0.1, 0.15) is 0 Å². The quantitative estimate of drug-likeness (QED) is 0.363. The molecule has 0 atom stereocenters. The first-order chi connectivity index (χ1) is 3.50. The van der Waals surface area contributed by atoms with Crippen molar-refractivity contribution in [2.75, 3.05) is 13.1 Å². The van der Waals surface area contributed by atoms with E-state index in [0.717, 1.165) is 0 Å². The second kappa shape index (κ2) is 5.69. The van der Waals surface area contributed by atoms with Crippen LogP contribution < -0.4 is 24.2 Å². The summed E-state index contributed by atoms with van der Waals surface area (Å²) in [6, 6.07) is 0. The molecule has 1 fully saturated rings. The van der Waals surface area contributed by atoms with E-state index in [1.165, 1.54) is 38.8 Å². The maximum absolute atomic E-state index is 3.35. The van der Waals surface area contributed by atoms with Crippen LogP contribution >= 0.6 is 0 Å². The normalized spacial score (nSPS) is 21.0. The summed E-state index contributed by atoms with van der Waals surface area (Å²) in [6.45, 7) is 2.50. The number of hydrogen-bond donors (Lipinski definition) is 1. The first-order valence-electron chi connectivity index (χ1n) is 3.21. The fraction of sp³-hybridized carbons (Fsp3) is 1.00. The van der Waals surface area contributed by atoms with Crippen molar-refractivity contribution in [1.29, 1.82) is 0 Å². The predicted octanol–water partition coefficient (Wildman–Crippen LogP) is -1.73. The van der Waals surface area contributed by atoms with Gasteiger partial charge in [-0.25, -0.2) is 0 Å². The summed E-state index contributed by atoms with van der Waals surface area (Å²) in [5.74, 6) is 0. The van der Waals surface area contributed by atoms with Crippen LogP contribution in [-0.4, -0.2) is 13.1 Å². The molecule has 0 bridgehead atoms. The molecule has 44 valence electrons. The molecule has 0 aromatic carbocycles. The summed E-state index contributed by atoms with van der Waals surface area (Å²) in [6.07, 6.45) is 5.65. The van der Waals surface area contributed by atoms with Gasteiger partial charge in [-0.1, -0.05) is 12.8 Å². The van der Waals surface area contributed by atoms with Crippen LogP contribution in [0.15, 0.2) is 0 Å². The molecule has 1 nitrogen and oxygen atoms in total. The van der Waals surface area contributed by atoms with Gasteiger partial charge in [-0.05, 0) is 25.9 Å². The van der Waals surface area contributed by atoms with E-state index in [-0.39, 0.29) is 20.3 Å². The second-order valence-electron chi connectivity index (χ2n) is 2.16. The molecular weight excluding hydrogens is 93.0 g/mol. The molecule has 0 saturated carbocycles. The predicted molar refractivity (Wildman–Crippen MR) is 32.4 cm³/mol. The number of nitrogens with one attached hydrogen (secondary N) is 1. The first kappa shape index (κ1) is 8.56. The van der Waals surface area contributed by atoms with Gasteiger partial charge in [-0.2, -0.15) is 0 Å². The van der Waals surface area contributed by atoms with E-state index in [2.05, 4.69) is 5.32 Å². The maximum Gasteiger partial charge on any atom is 1.00 e. The minimum atomic E-state index is 0. The number of hydrogen-bond acceptors (Lipinski definition) is 1. The molecule has 2 heteroatoms. The largest absolute Gasteiger partial charge is 1.00 e. The summed E-state index contributed by atoms with van der Waals surface area (Å²) in [5, 5.41) is 3.35. The second-order valence-corrected chi connectivity index (χ2v) is 2.16. The van der Waals surface area contributed by atoms with Crippen molar-refractivity contribution >= 4 is 0 Å². The monoisotopic (exact) mass is 107 g/mol. The van der Waals surface area contributed by atoms with Crippen LogP contribution in [0.25, 0.3) is 0 Å². The average molecular weight is 107 g/mol. The molecule has 1 aliphatic rings. The van der Waals surface area contributed by atoms with Crippen LogP contribution in [0.3, 0.4) is 0 Å². The topological polar surface area (TPSA) is 12.0 Å². The van der Waals surface area contributed by atoms with E-state index in [1.807, 2.05) is 0 Å². The number of rotatable bonds is 0. The van der Waals surface area contributed by atoms with Gasteiger partial charge in [0.25, 0.3) is 0 Å². The van der Waals surface area contributed by atoms with Gasteiger partial charge >= 0.3 is 18.9 Å². The van der Waals surface area contributed by atoms with E-state index in [4.69, 9.17) is 0 Å². The Labute approximate surface area is 64.9 Å². The molecule has 0 aliphatic carbocycles. The molecule has 1 heterocycles. The Morgan fingerprint density at radius 1 is 0.875 bits per heavy atom. The summed E-state index contributed by atoms with van der Waals surface area (Å²) >= 11 is 0. The Morgan fingerprint density at radius 3 is 1.88 bits per heavy atom. The Hall–Kier alpha value is 0.557. The van der Waals surface area contributed by atoms with Gasteiger partial charge in [0, 0.05) is 0 Å². The molecule has 1 N–H and O–H groups in total. The summed E-state index contributed by atoms with van der Waals surface area (Å²) in [5.41, 5.74) is 0. The van der Waals surface area contributed by atoms with E-state index < -0.39 is 0 Å². The Kier molecular flexibility index (Phi) is 6.09. The van der Waals surface area contributed by atoms with Gasteiger partial charge in [-0.3, -0.25) is 0 Å². The van der Waals surface area contributed by atoms with E-state index in [0.29, 0.717) is 0 Å². The van der Waals surface area contributed by atoms with E-state index in [1.54, 1.807) is 0 Å². The summed E-state index contributed by atoms with van der Waals surface area (Å²) in [4.78, 5) is 0. The molecule has 0 unspecified atom stereocenters. The van der Waals surface area contributed by atoms with Gasteiger partial charge < -0.3 is 6.74 Å². The fourth-order valence-electron chi connectivity index (χ4n) is 0.979. The molecule has 1 saturated heterocycles. The van der Waals surface area contributed by atoms with Crippen molar-refractivity contribution in [1.82, 2.24) is 5.32 Å². The molecule has 0 aromatic heterocycles. The Balaban J connectivity index is 0. The van der Waals surface area contributed by atoms with Crippen LogP contribution in [0.1, 0.15) is 27.1 Å². The van der Waals surface area contributed by atoms with Gasteiger partial charge in [-0.15, -0.1) is 0 Å².